The van der Waals surface area contributed by atoms with Gasteiger partial charge in [0, 0.05) is 14.1 Å². The van der Waals surface area contributed by atoms with Crippen LogP contribution in [0.4, 0.5) is 5.69 Å². The van der Waals surface area contributed by atoms with Crippen LogP contribution < -0.4 is 29.6 Å². The molecular formula is C16H20N3NaO5S. The average molecular weight is 389 g/mol. The second-order valence-corrected chi connectivity index (χ2v) is 6.30. The van der Waals surface area contributed by atoms with E-state index in [-0.39, 0.29) is 45.4 Å². The normalized spacial score (nSPS) is 10.7. The SMILES string of the molecule is CN(C)N=Nc1ccc(/C=C\c2ccccc2S(=O)(=O)[O-])cc1.O.O.[Na+]. The van der Waals surface area contributed by atoms with Crippen LogP contribution in [-0.2, 0) is 10.1 Å². The molecule has 2 aromatic rings. The zero-order chi connectivity index (χ0) is 16.9. The van der Waals surface area contributed by atoms with Crippen LogP contribution in [0, 0.1) is 0 Å². The summed E-state index contributed by atoms with van der Waals surface area (Å²) in [7, 11) is -0.934. The van der Waals surface area contributed by atoms with Gasteiger partial charge >= 0.3 is 29.6 Å². The Hall–Kier alpha value is -1.59. The number of nitrogens with zero attached hydrogens (tertiary/aromatic N) is 3. The van der Waals surface area contributed by atoms with Crippen molar-refractivity contribution in [1.82, 2.24) is 5.01 Å². The van der Waals surface area contributed by atoms with Crippen LogP contribution in [0.2, 0.25) is 0 Å². The van der Waals surface area contributed by atoms with Gasteiger partial charge < -0.3 is 15.5 Å². The Morgan fingerprint density at radius 1 is 0.962 bits per heavy atom. The summed E-state index contributed by atoms with van der Waals surface area (Å²) >= 11 is 0. The van der Waals surface area contributed by atoms with Gasteiger partial charge in [-0.15, -0.1) is 5.11 Å². The Balaban J connectivity index is 0. The second-order valence-electron chi connectivity index (χ2n) is 4.95. The molecule has 136 valence electrons. The molecule has 0 aliphatic heterocycles. The zero-order valence-corrected chi connectivity index (χ0v) is 17.6. The Bertz CT molecular complexity index is 837. The van der Waals surface area contributed by atoms with Crippen molar-refractivity contribution in [2.45, 2.75) is 4.90 Å². The van der Waals surface area contributed by atoms with E-state index in [2.05, 4.69) is 10.3 Å². The smallest absolute Gasteiger partial charge is 0.744 e. The summed E-state index contributed by atoms with van der Waals surface area (Å²) in [5, 5.41) is 9.50. The molecule has 0 aromatic heterocycles. The summed E-state index contributed by atoms with van der Waals surface area (Å²) in [5.74, 6) is 0. The fourth-order valence-corrected chi connectivity index (χ4v) is 2.50. The Kier molecular flexibility index (Phi) is 12.2. The summed E-state index contributed by atoms with van der Waals surface area (Å²) in [6.45, 7) is 0. The summed E-state index contributed by atoms with van der Waals surface area (Å²) in [6.07, 6.45) is 3.33. The van der Waals surface area contributed by atoms with Gasteiger partial charge in [-0.3, -0.25) is 5.01 Å². The van der Waals surface area contributed by atoms with Crippen molar-refractivity contribution in [2.24, 2.45) is 10.3 Å². The molecule has 8 nitrogen and oxygen atoms in total. The van der Waals surface area contributed by atoms with Gasteiger partial charge in [0.05, 0.1) is 10.6 Å². The first-order chi connectivity index (χ1) is 10.9. The summed E-state index contributed by atoms with van der Waals surface area (Å²) in [6, 6.07) is 13.3. The molecule has 4 N–H and O–H groups in total. The van der Waals surface area contributed by atoms with E-state index in [1.54, 1.807) is 55.5 Å². The molecule has 2 aromatic carbocycles. The number of hydrogen-bond donors (Lipinski definition) is 0. The molecule has 0 saturated heterocycles. The van der Waals surface area contributed by atoms with Gasteiger partial charge in [-0.2, -0.15) is 0 Å². The topological polar surface area (TPSA) is 148 Å². The van der Waals surface area contributed by atoms with Gasteiger partial charge in [-0.1, -0.05) is 47.7 Å². The van der Waals surface area contributed by atoms with Crippen LogP contribution in [0.25, 0.3) is 12.2 Å². The van der Waals surface area contributed by atoms with Gasteiger partial charge in [-0.05, 0) is 29.3 Å². The molecule has 0 spiro atoms. The third kappa shape index (κ3) is 8.19. The predicted octanol–water partition coefficient (Wildman–Crippen LogP) is -1.32. The minimum atomic E-state index is -4.49. The molecule has 0 atom stereocenters. The Labute approximate surface area is 174 Å². The van der Waals surface area contributed by atoms with Crippen molar-refractivity contribution < 1.29 is 53.5 Å². The summed E-state index contributed by atoms with van der Waals surface area (Å²) < 4.78 is 33.7. The van der Waals surface area contributed by atoms with Crippen LogP contribution in [0.1, 0.15) is 11.1 Å². The fourth-order valence-electron chi connectivity index (χ4n) is 1.83. The molecule has 2 rings (SSSR count). The molecule has 0 radical (unpaired) electrons. The summed E-state index contributed by atoms with van der Waals surface area (Å²) in [4.78, 5) is -0.229. The van der Waals surface area contributed by atoms with Crippen LogP contribution in [0.15, 0.2) is 63.8 Å². The maximum atomic E-state index is 11.2. The minimum absolute atomic E-state index is 0. The van der Waals surface area contributed by atoms with E-state index in [1.807, 2.05) is 12.1 Å². The molecule has 0 heterocycles. The minimum Gasteiger partial charge on any atom is -0.744 e. The third-order valence-corrected chi connectivity index (χ3v) is 3.79. The van der Waals surface area contributed by atoms with Gasteiger partial charge in [0.15, 0.2) is 0 Å². The molecule has 0 saturated carbocycles. The molecule has 0 amide bonds. The van der Waals surface area contributed by atoms with E-state index in [4.69, 9.17) is 0 Å². The molecule has 0 aliphatic rings. The van der Waals surface area contributed by atoms with E-state index in [1.165, 1.54) is 12.1 Å². The molecule has 10 heteroatoms. The van der Waals surface area contributed by atoms with Crippen molar-refractivity contribution in [2.75, 3.05) is 14.1 Å². The first kappa shape index (κ1) is 26.6. The standard InChI is InChI=1S/C16H17N3O3S.Na.2H2O/c1-19(2)18-17-15-11-8-13(9-12-15)7-10-14-5-3-4-6-16(14)23(20,21)22;;;/h3-12H,1-2H3,(H,20,21,22);;2*1H2/q;+1;;/p-1/b10-7-,18-17?;;;. The van der Waals surface area contributed by atoms with Crippen molar-refractivity contribution in [3.63, 3.8) is 0 Å². The fraction of sp³-hybridized carbons (Fsp3) is 0.125. The van der Waals surface area contributed by atoms with Gasteiger partial charge in [-0.25, -0.2) is 8.42 Å². The largest absolute Gasteiger partial charge is 1.00 e. The van der Waals surface area contributed by atoms with Gasteiger partial charge in [0.2, 0.25) is 0 Å². The van der Waals surface area contributed by atoms with Crippen LogP contribution >= 0.6 is 0 Å². The third-order valence-electron chi connectivity index (χ3n) is 2.88. The maximum Gasteiger partial charge on any atom is 1.00 e. The molecular weight excluding hydrogens is 369 g/mol. The number of benzene rings is 2. The molecule has 26 heavy (non-hydrogen) atoms. The molecule has 0 fully saturated rings. The van der Waals surface area contributed by atoms with Crippen LogP contribution in [-0.4, -0.2) is 43.0 Å². The van der Waals surface area contributed by atoms with Crippen LogP contribution in [0.3, 0.4) is 0 Å². The van der Waals surface area contributed by atoms with Crippen molar-refractivity contribution >= 4 is 28.0 Å². The van der Waals surface area contributed by atoms with E-state index in [9.17, 15) is 13.0 Å². The van der Waals surface area contributed by atoms with Gasteiger partial charge in [0.25, 0.3) is 0 Å². The average Bonchev–Trinajstić information content (AvgIpc) is 2.51. The quantitative estimate of drug-likeness (QED) is 0.205. The van der Waals surface area contributed by atoms with E-state index in [0.29, 0.717) is 11.3 Å². The van der Waals surface area contributed by atoms with Crippen molar-refractivity contribution in [3.8, 4) is 0 Å². The second kappa shape index (κ2) is 11.9. The first-order valence-electron chi connectivity index (χ1n) is 6.78. The van der Waals surface area contributed by atoms with E-state index in [0.717, 1.165) is 5.56 Å². The predicted molar refractivity (Wildman–Crippen MR) is 95.2 cm³/mol. The molecule has 0 bridgehead atoms. The van der Waals surface area contributed by atoms with E-state index < -0.39 is 10.1 Å². The van der Waals surface area contributed by atoms with Gasteiger partial charge in [0.1, 0.15) is 10.1 Å². The van der Waals surface area contributed by atoms with Crippen molar-refractivity contribution in [1.29, 1.82) is 0 Å². The van der Waals surface area contributed by atoms with E-state index >= 15 is 0 Å². The van der Waals surface area contributed by atoms with Crippen molar-refractivity contribution in [3.05, 3.63) is 59.7 Å². The maximum absolute atomic E-state index is 11.2. The zero-order valence-electron chi connectivity index (χ0n) is 14.7. The first-order valence-corrected chi connectivity index (χ1v) is 8.19. The monoisotopic (exact) mass is 389 g/mol. The number of rotatable bonds is 5. The Morgan fingerprint density at radius 3 is 2.08 bits per heavy atom. The number of hydrogen-bond acceptors (Lipinski definition) is 5. The van der Waals surface area contributed by atoms with Crippen LogP contribution in [0.5, 0.6) is 0 Å². The Morgan fingerprint density at radius 2 is 1.54 bits per heavy atom. The molecule has 0 aliphatic carbocycles. The molecule has 0 unspecified atom stereocenters. The summed E-state index contributed by atoms with van der Waals surface area (Å²) in [5.41, 5.74) is 1.92.